The number of ether oxygens (including phenoxy) is 1. The third-order valence-electron chi connectivity index (χ3n) is 3.69. The van der Waals surface area contributed by atoms with Crippen molar-refractivity contribution in [1.82, 2.24) is 0 Å². The highest BCUT2D eigenvalue weighted by atomic mass is 16.5. The molecule has 0 spiro atoms. The topological polar surface area (TPSA) is 35.2 Å². The molecule has 0 saturated carbocycles. The van der Waals surface area contributed by atoms with E-state index in [9.17, 15) is 0 Å². The van der Waals surface area contributed by atoms with Crippen LogP contribution < -0.4 is 5.73 Å². The molecule has 0 heterocycles. The van der Waals surface area contributed by atoms with E-state index in [1.165, 1.54) is 25.7 Å². The van der Waals surface area contributed by atoms with Crippen LogP contribution in [-0.4, -0.2) is 18.8 Å². The van der Waals surface area contributed by atoms with Crippen LogP contribution in [-0.2, 0) is 4.74 Å². The Balaban J connectivity index is 3.76. The SMILES string of the molecule is CCCCC(CC)COCC(N)(CC)CC. The Bertz CT molecular complexity index is 155. The van der Waals surface area contributed by atoms with E-state index < -0.39 is 0 Å². The molecule has 0 aliphatic carbocycles. The fourth-order valence-corrected chi connectivity index (χ4v) is 1.78. The highest BCUT2D eigenvalue weighted by Crippen LogP contribution is 2.16. The van der Waals surface area contributed by atoms with Crippen LogP contribution in [0.3, 0.4) is 0 Å². The molecule has 0 radical (unpaired) electrons. The zero-order chi connectivity index (χ0) is 12.4. The zero-order valence-corrected chi connectivity index (χ0v) is 11.7. The summed E-state index contributed by atoms with van der Waals surface area (Å²) in [6.45, 7) is 10.4. The molecule has 0 aliphatic rings. The van der Waals surface area contributed by atoms with E-state index in [1.54, 1.807) is 0 Å². The van der Waals surface area contributed by atoms with Gasteiger partial charge in [0.2, 0.25) is 0 Å². The summed E-state index contributed by atoms with van der Waals surface area (Å²) in [6, 6.07) is 0. The summed E-state index contributed by atoms with van der Waals surface area (Å²) in [6.07, 6.45) is 7.10. The van der Waals surface area contributed by atoms with Gasteiger partial charge in [0.15, 0.2) is 0 Å². The van der Waals surface area contributed by atoms with Crippen molar-refractivity contribution in [2.24, 2.45) is 11.7 Å². The van der Waals surface area contributed by atoms with Gasteiger partial charge >= 0.3 is 0 Å². The number of hydrogen-bond donors (Lipinski definition) is 1. The predicted molar refractivity (Wildman–Crippen MR) is 71.6 cm³/mol. The van der Waals surface area contributed by atoms with E-state index in [2.05, 4.69) is 27.7 Å². The molecule has 16 heavy (non-hydrogen) atoms. The molecule has 0 amide bonds. The van der Waals surface area contributed by atoms with E-state index in [-0.39, 0.29) is 5.54 Å². The fraction of sp³-hybridized carbons (Fsp3) is 1.00. The summed E-state index contributed by atoms with van der Waals surface area (Å²) in [5.74, 6) is 0.720. The second-order valence-corrected chi connectivity index (χ2v) is 5.00. The standard InChI is InChI=1S/C14H31NO/c1-5-9-10-13(6-2)11-16-12-14(15,7-3)8-4/h13H,5-12,15H2,1-4H3. The van der Waals surface area contributed by atoms with Crippen molar-refractivity contribution in [2.75, 3.05) is 13.2 Å². The van der Waals surface area contributed by atoms with E-state index in [0.29, 0.717) is 6.61 Å². The van der Waals surface area contributed by atoms with Crippen LogP contribution in [0.25, 0.3) is 0 Å². The Hall–Kier alpha value is -0.0800. The van der Waals surface area contributed by atoms with Gasteiger partial charge in [-0.3, -0.25) is 0 Å². The molecule has 0 aliphatic heterocycles. The number of rotatable bonds is 10. The van der Waals surface area contributed by atoms with E-state index in [4.69, 9.17) is 10.5 Å². The summed E-state index contributed by atoms with van der Waals surface area (Å²) in [4.78, 5) is 0. The highest BCUT2D eigenvalue weighted by Gasteiger charge is 2.20. The van der Waals surface area contributed by atoms with Crippen LogP contribution in [0.5, 0.6) is 0 Å². The summed E-state index contributed by atoms with van der Waals surface area (Å²) in [7, 11) is 0. The van der Waals surface area contributed by atoms with Crippen LogP contribution in [0.15, 0.2) is 0 Å². The molecular weight excluding hydrogens is 198 g/mol. The average Bonchev–Trinajstić information content (AvgIpc) is 2.33. The van der Waals surface area contributed by atoms with Crippen molar-refractivity contribution in [1.29, 1.82) is 0 Å². The van der Waals surface area contributed by atoms with Crippen molar-refractivity contribution < 1.29 is 4.74 Å². The van der Waals surface area contributed by atoms with Gasteiger partial charge in [-0.25, -0.2) is 0 Å². The molecule has 0 rings (SSSR count). The first-order valence-electron chi connectivity index (χ1n) is 6.98. The first-order valence-corrected chi connectivity index (χ1v) is 6.98. The monoisotopic (exact) mass is 229 g/mol. The first-order chi connectivity index (χ1) is 7.61. The minimum Gasteiger partial charge on any atom is -0.379 e. The van der Waals surface area contributed by atoms with Crippen molar-refractivity contribution >= 4 is 0 Å². The van der Waals surface area contributed by atoms with E-state index >= 15 is 0 Å². The number of hydrogen-bond acceptors (Lipinski definition) is 2. The van der Waals surface area contributed by atoms with Crippen LogP contribution in [0, 0.1) is 5.92 Å². The highest BCUT2D eigenvalue weighted by molar-refractivity contribution is 4.80. The molecule has 0 aromatic rings. The van der Waals surface area contributed by atoms with Gasteiger partial charge in [0.1, 0.15) is 0 Å². The van der Waals surface area contributed by atoms with Crippen molar-refractivity contribution in [3.63, 3.8) is 0 Å². The second kappa shape index (κ2) is 9.00. The summed E-state index contributed by atoms with van der Waals surface area (Å²) in [5.41, 5.74) is 6.09. The lowest BCUT2D eigenvalue weighted by Gasteiger charge is -2.27. The summed E-state index contributed by atoms with van der Waals surface area (Å²) in [5, 5.41) is 0. The zero-order valence-electron chi connectivity index (χ0n) is 11.7. The Labute approximate surface area is 102 Å². The van der Waals surface area contributed by atoms with Crippen LogP contribution in [0.1, 0.15) is 66.2 Å². The minimum atomic E-state index is -0.108. The third-order valence-corrected chi connectivity index (χ3v) is 3.69. The quantitative estimate of drug-likeness (QED) is 0.619. The summed E-state index contributed by atoms with van der Waals surface area (Å²) < 4.78 is 5.81. The van der Waals surface area contributed by atoms with E-state index in [1.807, 2.05) is 0 Å². The lowest BCUT2D eigenvalue weighted by molar-refractivity contribution is 0.0529. The molecule has 0 aromatic heterocycles. The lowest BCUT2D eigenvalue weighted by Crippen LogP contribution is -2.43. The van der Waals surface area contributed by atoms with Gasteiger partial charge in [-0.2, -0.15) is 0 Å². The number of nitrogens with two attached hydrogens (primary N) is 1. The predicted octanol–water partition coefficient (Wildman–Crippen LogP) is 3.74. The maximum absolute atomic E-state index is 6.20. The van der Waals surface area contributed by atoms with Gasteiger partial charge in [0, 0.05) is 12.1 Å². The van der Waals surface area contributed by atoms with Crippen LogP contribution in [0.2, 0.25) is 0 Å². The smallest absolute Gasteiger partial charge is 0.0646 e. The largest absolute Gasteiger partial charge is 0.379 e. The van der Waals surface area contributed by atoms with Gasteiger partial charge in [0.05, 0.1) is 6.61 Å². The molecule has 98 valence electrons. The Morgan fingerprint density at radius 1 is 1.12 bits per heavy atom. The van der Waals surface area contributed by atoms with Crippen molar-refractivity contribution in [2.45, 2.75) is 71.8 Å². The molecule has 2 nitrogen and oxygen atoms in total. The Morgan fingerprint density at radius 3 is 2.19 bits per heavy atom. The molecule has 0 saturated heterocycles. The maximum Gasteiger partial charge on any atom is 0.0646 e. The van der Waals surface area contributed by atoms with Crippen molar-refractivity contribution in [3.8, 4) is 0 Å². The Morgan fingerprint density at radius 2 is 1.75 bits per heavy atom. The fourth-order valence-electron chi connectivity index (χ4n) is 1.78. The van der Waals surface area contributed by atoms with Crippen molar-refractivity contribution in [3.05, 3.63) is 0 Å². The van der Waals surface area contributed by atoms with Gasteiger partial charge in [-0.1, -0.05) is 47.0 Å². The van der Waals surface area contributed by atoms with Gasteiger partial charge in [0.25, 0.3) is 0 Å². The molecule has 1 unspecified atom stereocenters. The molecular formula is C14H31NO. The molecule has 0 fully saturated rings. The van der Waals surface area contributed by atoms with Gasteiger partial charge in [-0.05, 0) is 25.2 Å². The Kier molecular flexibility index (Phi) is 8.96. The average molecular weight is 229 g/mol. The molecule has 1 atom stereocenters. The second-order valence-electron chi connectivity index (χ2n) is 5.00. The van der Waals surface area contributed by atoms with Gasteiger partial charge in [-0.15, -0.1) is 0 Å². The molecule has 0 aromatic carbocycles. The van der Waals surface area contributed by atoms with Crippen LogP contribution >= 0.6 is 0 Å². The van der Waals surface area contributed by atoms with E-state index in [0.717, 1.165) is 25.4 Å². The molecule has 2 N–H and O–H groups in total. The van der Waals surface area contributed by atoms with Crippen LogP contribution in [0.4, 0.5) is 0 Å². The number of unbranched alkanes of at least 4 members (excludes halogenated alkanes) is 1. The lowest BCUT2D eigenvalue weighted by atomic mass is 9.95. The maximum atomic E-state index is 6.20. The molecule has 2 heteroatoms. The first kappa shape index (κ1) is 15.9. The normalized spacial score (nSPS) is 14.1. The molecule has 0 bridgehead atoms. The summed E-state index contributed by atoms with van der Waals surface area (Å²) >= 11 is 0. The minimum absolute atomic E-state index is 0.108. The third kappa shape index (κ3) is 6.49. The van der Waals surface area contributed by atoms with Gasteiger partial charge < -0.3 is 10.5 Å².